The van der Waals surface area contributed by atoms with Gasteiger partial charge in [-0.1, -0.05) is 24.3 Å². The lowest BCUT2D eigenvalue weighted by Gasteiger charge is -2.09. The third-order valence-electron chi connectivity index (χ3n) is 5.00. The number of amides is 1. The van der Waals surface area contributed by atoms with E-state index in [2.05, 4.69) is 10.3 Å². The molecule has 0 atom stereocenters. The fraction of sp³-hybridized carbons (Fsp3) is 0.174. The molecule has 31 heavy (non-hydrogen) atoms. The molecule has 0 spiro atoms. The first-order chi connectivity index (χ1) is 15.1. The molecule has 0 saturated carbocycles. The first kappa shape index (κ1) is 20.3. The SMILES string of the molecule is COc1ccccc1C(=O)NCCn1c(=O)n(Cc2ccc(F)cc2)c2cccnc21. The first-order valence-corrected chi connectivity index (χ1v) is 9.78. The largest absolute Gasteiger partial charge is 0.496 e. The Morgan fingerprint density at radius 3 is 2.61 bits per heavy atom. The van der Waals surface area contributed by atoms with E-state index in [1.165, 1.54) is 23.8 Å². The molecule has 0 saturated heterocycles. The molecule has 0 radical (unpaired) electrons. The molecule has 4 aromatic rings. The topological polar surface area (TPSA) is 78.1 Å². The maximum atomic E-state index is 13.2. The summed E-state index contributed by atoms with van der Waals surface area (Å²) < 4.78 is 21.6. The second-order valence-corrected chi connectivity index (χ2v) is 6.95. The summed E-state index contributed by atoms with van der Waals surface area (Å²) >= 11 is 0. The summed E-state index contributed by atoms with van der Waals surface area (Å²) in [6.45, 7) is 0.786. The van der Waals surface area contributed by atoms with Crippen LogP contribution in [0.25, 0.3) is 11.2 Å². The molecule has 0 aliphatic rings. The summed E-state index contributed by atoms with van der Waals surface area (Å²) in [7, 11) is 1.51. The molecule has 7 nitrogen and oxygen atoms in total. The van der Waals surface area contributed by atoms with Gasteiger partial charge in [0.05, 0.1) is 24.7 Å². The van der Waals surface area contributed by atoms with Gasteiger partial charge >= 0.3 is 5.69 Å². The Labute approximate surface area is 177 Å². The van der Waals surface area contributed by atoms with Crippen LogP contribution in [0.5, 0.6) is 5.75 Å². The van der Waals surface area contributed by atoms with Gasteiger partial charge in [-0.05, 0) is 42.0 Å². The van der Waals surface area contributed by atoms with Crippen LogP contribution in [0.3, 0.4) is 0 Å². The maximum Gasteiger partial charge on any atom is 0.330 e. The van der Waals surface area contributed by atoms with Gasteiger partial charge in [-0.2, -0.15) is 0 Å². The van der Waals surface area contributed by atoms with Crippen molar-refractivity contribution < 1.29 is 13.9 Å². The average molecular weight is 420 g/mol. The van der Waals surface area contributed by atoms with Crippen LogP contribution in [0.4, 0.5) is 4.39 Å². The third-order valence-corrected chi connectivity index (χ3v) is 5.00. The van der Waals surface area contributed by atoms with Crippen molar-refractivity contribution in [1.82, 2.24) is 19.4 Å². The Bertz CT molecular complexity index is 1280. The smallest absolute Gasteiger partial charge is 0.330 e. The summed E-state index contributed by atoms with van der Waals surface area (Å²) in [5, 5.41) is 2.82. The van der Waals surface area contributed by atoms with Crippen LogP contribution in [0.1, 0.15) is 15.9 Å². The number of halogens is 1. The van der Waals surface area contributed by atoms with Crippen molar-refractivity contribution in [3.63, 3.8) is 0 Å². The number of aromatic nitrogens is 3. The van der Waals surface area contributed by atoms with E-state index in [1.54, 1.807) is 53.2 Å². The highest BCUT2D eigenvalue weighted by atomic mass is 19.1. The number of carbonyl (C=O) groups is 1. The lowest BCUT2D eigenvalue weighted by Crippen LogP contribution is -2.32. The van der Waals surface area contributed by atoms with Gasteiger partial charge in [-0.25, -0.2) is 14.2 Å². The number of carbonyl (C=O) groups excluding carboxylic acids is 1. The van der Waals surface area contributed by atoms with Crippen LogP contribution in [0.15, 0.2) is 71.7 Å². The minimum absolute atomic E-state index is 0.239. The van der Waals surface area contributed by atoms with Gasteiger partial charge in [0.1, 0.15) is 11.6 Å². The predicted molar refractivity (Wildman–Crippen MR) is 115 cm³/mol. The lowest BCUT2D eigenvalue weighted by molar-refractivity contribution is 0.0949. The van der Waals surface area contributed by atoms with Crippen LogP contribution in [-0.4, -0.2) is 33.7 Å². The minimum atomic E-state index is -0.328. The van der Waals surface area contributed by atoms with E-state index in [4.69, 9.17) is 4.74 Å². The molecule has 0 bridgehead atoms. The molecular formula is C23H21FN4O3. The van der Waals surface area contributed by atoms with Crippen molar-refractivity contribution in [2.24, 2.45) is 0 Å². The van der Waals surface area contributed by atoms with Gasteiger partial charge in [0.2, 0.25) is 0 Å². The molecule has 0 fully saturated rings. The van der Waals surface area contributed by atoms with Gasteiger partial charge in [-0.15, -0.1) is 0 Å². The van der Waals surface area contributed by atoms with Crippen molar-refractivity contribution in [3.05, 3.63) is 94.3 Å². The molecule has 4 rings (SSSR count). The zero-order chi connectivity index (χ0) is 21.8. The van der Waals surface area contributed by atoms with Gasteiger partial charge in [0.25, 0.3) is 5.91 Å². The zero-order valence-corrected chi connectivity index (χ0v) is 16.9. The molecule has 2 aromatic carbocycles. The number of nitrogens with zero attached hydrogens (tertiary/aromatic N) is 3. The normalized spacial score (nSPS) is 10.9. The van der Waals surface area contributed by atoms with Crippen molar-refractivity contribution in [3.8, 4) is 5.75 Å². The van der Waals surface area contributed by atoms with Crippen molar-refractivity contribution in [2.45, 2.75) is 13.1 Å². The van der Waals surface area contributed by atoms with E-state index < -0.39 is 0 Å². The molecule has 1 N–H and O–H groups in total. The molecule has 0 unspecified atom stereocenters. The standard InChI is InChI=1S/C23H21FN4O3/c1-31-20-7-3-2-5-18(20)22(29)26-13-14-27-21-19(6-4-12-25-21)28(23(27)30)15-16-8-10-17(24)11-9-16/h2-12H,13-15H2,1H3,(H,26,29). The molecule has 0 aliphatic carbocycles. The number of hydrogen-bond acceptors (Lipinski definition) is 4. The number of fused-ring (bicyclic) bond motifs is 1. The number of hydrogen-bond donors (Lipinski definition) is 1. The van der Waals surface area contributed by atoms with Crippen LogP contribution < -0.4 is 15.7 Å². The Morgan fingerprint density at radius 1 is 1.06 bits per heavy atom. The maximum absolute atomic E-state index is 13.2. The Kier molecular flexibility index (Phi) is 5.79. The molecular weight excluding hydrogens is 399 g/mol. The van der Waals surface area contributed by atoms with Crippen molar-refractivity contribution in [2.75, 3.05) is 13.7 Å². The van der Waals surface area contributed by atoms with E-state index in [1.807, 2.05) is 6.07 Å². The van der Waals surface area contributed by atoms with Crippen molar-refractivity contribution >= 4 is 17.1 Å². The fourth-order valence-corrected chi connectivity index (χ4v) is 3.48. The fourth-order valence-electron chi connectivity index (χ4n) is 3.48. The van der Waals surface area contributed by atoms with E-state index in [0.29, 0.717) is 29.0 Å². The molecule has 8 heteroatoms. The average Bonchev–Trinajstić information content (AvgIpc) is 3.06. The number of rotatable bonds is 7. The van der Waals surface area contributed by atoms with Crippen LogP contribution >= 0.6 is 0 Å². The molecule has 2 heterocycles. The van der Waals surface area contributed by atoms with Gasteiger partial charge < -0.3 is 10.1 Å². The highest BCUT2D eigenvalue weighted by Crippen LogP contribution is 2.17. The van der Waals surface area contributed by atoms with Gasteiger partial charge in [0.15, 0.2) is 5.65 Å². The Morgan fingerprint density at radius 2 is 1.84 bits per heavy atom. The predicted octanol–water partition coefficient (Wildman–Crippen LogP) is 2.82. The highest BCUT2D eigenvalue weighted by Gasteiger charge is 2.15. The van der Waals surface area contributed by atoms with E-state index in [9.17, 15) is 14.0 Å². The second kappa shape index (κ2) is 8.83. The first-order valence-electron chi connectivity index (χ1n) is 9.78. The van der Waals surface area contributed by atoms with E-state index >= 15 is 0 Å². The summed E-state index contributed by atoms with van der Waals surface area (Å²) in [6.07, 6.45) is 1.62. The molecule has 2 aromatic heterocycles. The summed E-state index contributed by atoms with van der Waals surface area (Å²) in [5.74, 6) is -0.130. The molecule has 0 aliphatic heterocycles. The van der Waals surface area contributed by atoms with Crippen LogP contribution in [-0.2, 0) is 13.1 Å². The van der Waals surface area contributed by atoms with Gasteiger partial charge in [-0.3, -0.25) is 13.9 Å². The highest BCUT2D eigenvalue weighted by molar-refractivity contribution is 5.96. The monoisotopic (exact) mass is 420 g/mol. The second-order valence-electron chi connectivity index (χ2n) is 6.95. The van der Waals surface area contributed by atoms with Crippen LogP contribution in [0, 0.1) is 5.82 Å². The molecule has 1 amide bonds. The van der Waals surface area contributed by atoms with Crippen molar-refractivity contribution in [1.29, 1.82) is 0 Å². The van der Waals surface area contributed by atoms with E-state index in [-0.39, 0.29) is 30.5 Å². The van der Waals surface area contributed by atoms with Crippen LogP contribution in [0.2, 0.25) is 0 Å². The van der Waals surface area contributed by atoms with Gasteiger partial charge in [0, 0.05) is 19.3 Å². The lowest BCUT2D eigenvalue weighted by atomic mass is 10.2. The number of nitrogens with one attached hydrogen (secondary N) is 1. The summed E-state index contributed by atoms with van der Waals surface area (Å²) in [4.78, 5) is 29.9. The number of benzene rings is 2. The Balaban J connectivity index is 1.55. The zero-order valence-electron chi connectivity index (χ0n) is 16.9. The number of methoxy groups -OCH3 is 1. The van der Waals surface area contributed by atoms with E-state index in [0.717, 1.165) is 5.56 Å². The minimum Gasteiger partial charge on any atom is -0.496 e. The quantitative estimate of drug-likeness (QED) is 0.499. The number of imidazole rings is 1. The summed E-state index contributed by atoms with van der Waals surface area (Å²) in [6, 6.07) is 16.5. The Hall–Kier alpha value is -3.94. The summed E-state index contributed by atoms with van der Waals surface area (Å²) in [5.41, 5.74) is 2.18. The third kappa shape index (κ3) is 4.18. The number of ether oxygens (including phenoxy) is 1. The number of pyridine rings is 1. The molecule has 158 valence electrons. The number of para-hydroxylation sites is 1.